The Bertz CT molecular complexity index is 604. The zero-order chi connectivity index (χ0) is 19.1. The van der Waals surface area contributed by atoms with E-state index in [9.17, 15) is 4.79 Å². The maximum atomic E-state index is 12.3. The van der Waals surface area contributed by atoms with Crippen LogP contribution >= 0.6 is 0 Å². The number of aromatic nitrogens is 1. The van der Waals surface area contributed by atoms with Crippen LogP contribution < -0.4 is 4.74 Å². The van der Waals surface area contributed by atoms with Crippen molar-refractivity contribution in [3.8, 4) is 5.88 Å². The van der Waals surface area contributed by atoms with Gasteiger partial charge in [0.1, 0.15) is 0 Å². The van der Waals surface area contributed by atoms with Crippen LogP contribution in [0.1, 0.15) is 44.7 Å². The van der Waals surface area contributed by atoms with Gasteiger partial charge in [-0.2, -0.15) is 0 Å². The first-order valence-corrected chi connectivity index (χ1v) is 10.4. The maximum absolute atomic E-state index is 12.3. The van der Waals surface area contributed by atoms with Crippen molar-refractivity contribution in [2.24, 2.45) is 0 Å². The van der Waals surface area contributed by atoms with Crippen LogP contribution in [0.4, 0.5) is 0 Å². The summed E-state index contributed by atoms with van der Waals surface area (Å²) in [6.45, 7) is 8.75. The summed E-state index contributed by atoms with van der Waals surface area (Å²) >= 11 is 0. The zero-order valence-corrected chi connectivity index (χ0v) is 16.9. The Labute approximate surface area is 163 Å². The fourth-order valence-corrected chi connectivity index (χ4v) is 4.35. The minimum Gasteiger partial charge on any atom is -0.481 e. The van der Waals surface area contributed by atoms with Crippen LogP contribution in [0.15, 0.2) is 18.2 Å². The Morgan fingerprint density at radius 1 is 1.19 bits per heavy atom. The molecular formula is C21H34N4O2. The topological polar surface area (TPSA) is 48.9 Å². The van der Waals surface area contributed by atoms with E-state index in [4.69, 9.17) is 4.74 Å². The fourth-order valence-electron chi connectivity index (χ4n) is 4.35. The van der Waals surface area contributed by atoms with Crippen LogP contribution in [0.25, 0.3) is 0 Å². The number of amides is 1. The Kier molecular flexibility index (Phi) is 7.47. The highest BCUT2D eigenvalue weighted by Crippen LogP contribution is 2.19. The minimum absolute atomic E-state index is 0.207. The van der Waals surface area contributed by atoms with E-state index < -0.39 is 0 Å². The molecule has 3 heterocycles. The van der Waals surface area contributed by atoms with E-state index >= 15 is 0 Å². The lowest BCUT2D eigenvalue weighted by molar-refractivity contribution is -0.132. The van der Waals surface area contributed by atoms with Gasteiger partial charge in [0, 0.05) is 45.2 Å². The first-order valence-electron chi connectivity index (χ1n) is 10.4. The normalized spacial score (nSPS) is 21.8. The van der Waals surface area contributed by atoms with Crippen molar-refractivity contribution in [3.05, 3.63) is 23.9 Å². The molecule has 3 rings (SSSR count). The van der Waals surface area contributed by atoms with Crippen molar-refractivity contribution < 1.29 is 9.53 Å². The van der Waals surface area contributed by atoms with Crippen molar-refractivity contribution in [3.63, 3.8) is 0 Å². The van der Waals surface area contributed by atoms with Crippen molar-refractivity contribution in [1.29, 1.82) is 0 Å². The number of likely N-dealkylation sites (tertiary alicyclic amines) is 2. The van der Waals surface area contributed by atoms with Crippen LogP contribution in [-0.2, 0) is 11.3 Å². The number of carbonyl (C=O) groups is 1. The van der Waals surface area contributed by atoms with Crippen LogP contribution in [0, 0.1) is 0 Å². The first kappa shape index (κ1) is 20.1. The molecule has 0 saturated carbocycles. The summed E-state index contributed by atoms with van der Waals surface area (Å²) in [6, 6.07) is 6.22. The van der Waals surface area contributed by atoms with E-state index in [2.05, 4.69) is 19.7 Å². The third-order valence-corrected chi connectivity index (χ3v) is 5.81. The Hall–Kier alpha value is -1.66. The molecule has 150 valence electrons. The Balaban J connectivity index is 1.55. The maximum Gasteiger partial charge on any atom is 0.219 e. The second-order valence-electron chi connectivity index (χ2n) is 7.82. The summed E-state index contributed by atoms with van der Waals surface area (Å²) in [5.41, 5.74) is 1.03. The SMILES string of the molecule is COc1cccc(CN2CCCC(N(CCN3CCCCC3)C(C)=O)C2)n1. The van der Waals surface area contributed by atoms with E-state index in [1.54, 1.807) is 14.0 Å². The lowest BCUT2D eigenvalue weighted by Gasteiger charge is -2.40. The van der Waals surface area contributed by atoms with Gasteiger partial charge in [-0.25, -0.2) is 4.98 Å². The number of nitrogens with zero attached hydrogens (tertiary/aromatic N) is 4. The predicted molar refractivity (Wildman–Crippen MR) is 107 cm³/mol. The number of rotatable bonds is 7. The molecule has 0 N–H and O–H groups in total. The van der Waals surface area contributed by atoms with E-state index in [-0.39, 0.29) is 5.91 Å². The molecule has 0 spiro atoms. The number of ether oxygens (including phenoxy) is 1. The van der Waals surface area contributed by atoms with Gasteiger partial charge in [0.05, 0.1) is 12.8 Å². The molecule has 27 heavy (non-hydrogen) atoms. The van der Waals surface area contributed by atoms with Gasteiger partial charge >= 0.3 is 0 Å². The number of methoxy groups -OCH3 is 1. The second-order valence-corrected chi connectivity index (χ2v) is 7.82. The van der Waals surface area contributed by atoms with Crippen molar-refractivity contribution in [2.45, 2.75) is 51.6 Å². The monoisotopic (exact) mass is 374 g/mol. The average Bonchev–Trinajstić information content (AvgIpc) is 2.69. The molecular weight excluding hydrogens is 340 g/mol. The van der Waals surface area contributed by atoms with Crippen molar-refractivity contribution in [2.75, 3.05) is 46.4 Å². The van der Waals surface area contributed by atoms with Gasteiger partial charge < -0.3 is 14.5 Å². The lowest BCUT2D eigenvalue weighted by Crippen LogP contribution is -2.51. The molecule has 0 aromatic carbocycles. The highest BCUT2D eigenvalue weighted by atomic mass is 16.5. The first-order chi connectivity index (χ1) is 13.2. The van der Waals surface area contributed by atoms with E-state index in [1.165, 1.54) is 32.4 Å². The summed E-state index contributed by atoms with van der Waals surface area (Å²) < 4.78 is 5.24. The van der Waals surface area contributed by atoms with Gasteiger partial charge in [0.25, 0.3) is 0 Å². The van der Waals surface area contributed by atoms with Crippen LogP contribution in [0.3, 0.4) is 0 Å². The molecule has 2 aliphatic rings. The highest BCUT2D eigenvalue weighted by molar-refractivity contribution is 5.73. The zero-order valence-electron chi connectivity index (χ0n) is 16.9. The van der Waals surface area contributed by atoms with Gasteiger partial charge in [0.2, 0.25) is 11.8 Å². The third-order valence-electron chi connectivity index (χ3n) is 5.81. The molecule has 0 radical (unpaired) electrons. The average molecular weight is 375 g/mol. The highest BCUT2D eigenvalue weighted by Gasteiger charge is 2.27. The van der Waals surface area contributed by atoms with Crippen LogP contribution in [0.2, 0.25) is 0 Å². The molecule has 1 atom stereocenters. The van der Waals surface area contributed by atoms with Gasteiger partial charge in [-0.1, -0.05) is 12.5 Å². The van der Waals surface area contributed by atoms with E-state index in [1.807, 2.05) is 18.2 Å². The van der Waals surface area contributed by atoms with Gasteiger partial charge in [-0.15, -0.1) is 0 Å². The fraction of sp³-hybridized carbons (Fsp3) is 0.714. The summed E-state index contributed by atoms with van der Waals surface area (Å²) in [5, 5.41) is 0. The summed E-state index contributed by atoms with van der Waals surface area (Å²) in [4.78, 5) is 23.9. The summed E-state index contributed by atoms with van der Waals surface area (Å²) in [7, 11) is 1.65. The van der Waals surface area contributed by atoms with Crippen LogP contribution in [0.5, 0.6) is 5.88 Å². The molecule has 6 nitrogen and oxygen atoms in total. The quantitative estimate of drug-likeness (QED) is 0.733. The van der Waals surface area contributed by atoms with E-state index in [0.29, 0.717) is 11.9 Å². The smallest absolute Gasteiger partial charge is 0.219 e. The molecule has 1 aromatic heterocycles. The number of hydrogen-bond acceptors (Lipinski definition) is 5. The number of carbonyl (C=O) groups excluding carboxylic acids is 1. The van der Waals surface area contributed by atoms with Gasteiger partial charge in [-0.05, 0) is 51.4 Å². The van der Waals surface area contributed by atoms with Crippen molar-refractivity contribution in [1.82, 2.24) is 19.7 Å². The van der Waals surface area contributed by atoms with Crippen LogP contribution in [-0.4, -0.2) is 78.0 Å². The minimum atomic E-state index is 0.207. The summed E-state index contributed by atoms with van der Waals surface area (Å²) in [6.07, 6.45) is 6.17. The number of pyridine rings is 1. The molecule has 2 aliphatic heterocycles. The molecule has 6 heteroatoms. The largest absolute Gasteiger partial charge is 0.481 e. The molecule has 2 saturated heterocycles. The third kappa shape index (κ3) is 5.91. The molecule has 2 fully saturated rings. The van der Waals surface area contributed by atoms with E-state index in [0.717, 1.165) is 51.3 Å². The number of piperidine rings is 2. The molecule has 1 amide bonds. The second kappa shape index (κ2) is 10.0. The molecule has 0 aliphatic carbocycles. The van der Waals surface area contributed by atoms with Crippen molar-refractivity contribution >= 4 is 5.91 Å². The van der Waals surface area contributed by atoms with Gasteiger partial charge in [0.15, 0.2) is 0 Å². The molecule has 1 unspecified atom stereocenters. The Morgan fingerprint density at radius 2 is 1.96 bits per heavy atom. The molecule has 1 aromatic rings. The number of hydrogen-bond donors (Lipinski definition) is 0. The lowest BCUT2D eigenvalue weighted by atomic mass is 10.0. The Morgan fingerprint density at radius 3 is 2.70 bits per heavy atom. The predicted octanol–water partition coefficient (Wildman–Crippen LogP) is 2.39. The van der Waals surface area contributed by atoms with Gasteiger partial charge in [-0.3, -0.25) is 9.69 Å². The standard InChI is InChI=1S/C21H34N4O2/c1-18(26)25(15-14-23-11-4-3-5-12-23)20-9-7-13-24(17-20)16-19-8-6-10-21(22-19)27-2/h6,8,10,20H,3-5,7,9,11-17H2,1-2H3. The summed E-state index contributed by atoms with van der Waals surface area (Å²) in [5.74, 6) is 0.867. The molecule has 0 bridgehead atoms.